The molecule has 0 amide bonds. The smallest absolute Gasteiger partial charge is 0.128 e. The molecular formula is C16H22O3S. The Morgan fingerprint density at radius 2 is 2.40 bits per heavy atom. The van der Waals surface area contributed by atoms with Gasteiger partial charge >= 0.3 is 0 Å². The number of aliphatic hydroxyl groups excluding tert-OH is 1. The van der Waals surface area contributed by atoms with E-state index in [4.69, 9.17) is 9.47 Å². The summed E-state index contributed by atoms with van der Waals surface area (Å²) >= 11 is 1.98. The molecule has 2 aliphatic heterocycles. The van der Waals surface area contributed by atoms with Crippen LogP contribution < -0.4 is 4.74 Å². The molecule has 3 rings (SSSR count). The van der Waals surface area contributed by atoms with Gasteiger partial charge in [-0.15, -0.1) is 0 Å². The van der Waals surface area contributed by atoms with Gasteiger partial charge in [0, 0.05) is 24.2 Å². The van der Waals surface area contributed by atoms with Crippen LogP contribution in [0, 0.1) is 6.92 Å². The van der Waals surface area contributed by atoms with Gasteiger partial charge in [-0.3, -0.25) is 0 Å². The number of hydrogen-bond donors (Lipinski definition) is 1. The van der Waals surface area contributed by atoms with Gasteiger partial charge in [0.1, 0.15) is 11.9 Å². The van der Waals surface area contributed by atoms with E-state index in [-0.39, 0.29) is 18.3 Å². The third-order valence-corrected chi connectivity index (χ3v) is 5.49. The predicted molar refractivity (Wildman–Crippen MR) is 81.4 cm³/mol. The van der Waals surface area contributed by atoms with Crippen LogP contribution in [0.3, 0.4) is 0 Å². The van der Waals surface area contributed by atoms with Crippen LogP contribution in [0.1, 0.15) is 30.4 Å². The van der Waals surface area contributed by atoms with Gasteiger partial charge in [-0.1, -0.05) is 18.2 Å². The molecule has 2 unspecified atom stereocenters. The molecule has 4 heteroatoms. The fourth-order valence-corrected chi connectivity index (χ4v) is 4.50. The monoisotopic (exact) mass is 294 g/mol. The summed E-state index contributed by atoms with van der Waals surface area (Å²) in [4.78, 5) is 0. The molecule has 110 valence electrons. The van der Waals surface area contributed by atoms with E-state index >= 15 is 0 Å². The number of aliphatic hydroxyl groups is 1. The highest BCUT2D eigenvalue weighted by Crippen LogP contribution is 2.39. The minimum Gasteiger partial charge on any atom is -0.490 e. The topological polar surface area (TPSA) is 38.7 Å². The maximum absolute atomic E-state index is 9.47. The van der Waals surface area contributed by atoms with Crippen LogP contribution in [0.2, 0.25) is 0 Å². The van der Waals surface area contributed by atoms with E-state index in [1.165, 1.54) is 5.75 Å². The van der Waals surface area contributed by atoms with Gasteiger partial charge < -0.3 is 14.6 Å². The zero-order valence-corrected chi connectivity index (χ0v) is 12.7. The summed E-state index contributed by atoms with van der Waals surface area (Å²) < 4.78 is 12.3. The van der Waals surface area contributed by atoms with Crippen LogP contribution in [0.4, 0.5) is 0 Å². The standard InChI is InChI=1S/C16H22O3S/c1-12-3-2-4-13(10-17)15(12)19-14-5-7-18-16(9-14)6-8-20-11-16/h2-4,14,17H,5-11H2,1H3. The molecule has 1 N–H and O–H groups in total. The van der Waals surface area contributed by atoms with Gasteiger partial charge in [0.25, 0.3) is 0 Å². The van der Waals surface area contributed by atoms with Gasteiger partial charge in [0.15, 0.2) is 0 Å². The van der Waals surface area contributed by atoms with Crippen molar-refractivity contribution in [1.82, 2.24) is 0 Å². The number of rotatable bonds is 3. The first kappa shape index (κ1) is 14.2. The van der Waals surface area contributed by atoms with E-state index in [0.29, 0.717) is 0 Å². The molecule has 20 heavy (non-hydrogen) atoms. The highest BCUT2D eigenvalue weighted by atomic mass is 32.2. The number of benzene rings is 1. The van der Waals surface area contributed by atoms with Gasteiger partial charge in [0.05, 0.1) is 18.8 Å². The predicted octanol–water partition coefficient (Wildman–Crippen LogP) is 2.92. The van der Waals surface area contributed by atoms with Crippen LogP contribution in [-0.2, 0) is 11.3 Å². The molecule has 1 aromatic rings. The van der Waals surface area contributed by atoms with Crippen LogP contribution in [-0.4, -0.2) is 34.9 Å². The van der Waals surface area contributed by atoms with Crippen LogP contribution >= 0.6 is 11.8 Å². The Kier molecular flexibility index (Phi) is 4.24. The average Bonchev–Trinajstić information content (AvgIpc) is 2.89. The zero-order chi connectivity index (χ0) is 14.0. The largest absolute Gasteiger partial charge is 0.490 e. The maximum atomic E-state index is 9.47. The third kappa shape index (κ3) is 2.83. The molecule has 2 aliphatic rings. The first-order valence-corrected chi connectivity index (χ1v) is 8.46. The Morgan fingerprint density at radius 1 is 1.50 bits per heavy atom. The van der Waals surface area contributed by atoms with Gasteiger partial charge in [-0.2, -0.15) is 11.8 Å². The second-order valence-corrected chi connectivity index (χ2v) is 6.89. The van der Waals surface area contributed by atoms with Crippen LogP contribution in [0.15, 0.2) is 18.2 Å². The molecule has 0 saturated carbocycles. The highest BCUT2D eigenvalue weighted by Gasteiger charge is 2.41. The lowest BCUT2D eigenvalue weighted by atomic mass is 9.91. The van der Waals surface area contributed by atoms with Gasteiger partial charge in [-0.05, 0) is 24.7 Å². The van der Waals surface area contributed by atoms with Crippen molar-refractivity contribution in [1.29, 1.82) is 0 Å². The van der Waals surface area contributed by atoms with Crippen molar-refractivity contribution in [2.45, 2.75) is 44.5 Å². The first-order valence-electron chi connectivity index (χ1n) is 7.30. The van der Waals surface area contributed by atoms with E-state index in [0.717, 1.165) is 48.5 Å². The average molecular weight is 294 g/mol. The lowest BCUT2D eigenvalue weighted by molar-refractivity contribution is -0.0962. The Labute approximate surface area is 124 Å². The zero-order valence-electron chi connectivity index (χ0n) is 11.9. The summed E-state index contributed by atoms with van der Waals surface area (Å²) in [5.41, 5.74) is 2.01. The summed E-state index contributed by atoms with van der Waals surface area (Å²) in [6.07, 6.45) is 3.25. The van der Waals surface area contributed by atoms with E-state index in [1.54, 1.807) is 0 Å². The Bertz CT molecular complexity index is 469. The molecule has 3 nitrogen and oxygen atoms in total. The number of thioether (sulfide) groups is 1. The van der Waals surface area contributed by atoms with Crippen molar-refractivity contribution in [3.05, 3.63) is 29.3 Å². The first-order chi connectivity index (χ1) is 9.72. The molecule has 1 aromatic carbocycles. The second-order valence-electron chi connectivity index (χ2n) is 5.79. The van der Waals surface area contributed by atoms with E-state index in [1.807, 2.05) is 36.9 Å². The lowest BCUT2D eigenvalue weighted by Gasteiger charge is -2.38. The van der Waals surface area contributed by atoms with Crippen molar-refractivity contribution in [2.75, 3.05) is 18.1 Å². The van der Waals surface area contributed by atoms with Crippen LogP contribution in [0.5, 0.6) is 5.75 Å². The summed E-state index contributed by atoms with van der Waals surface area (Å²) in [6.45, 7) is 2.85. The lowest BCUT2D eigenvalue weighted by Crippen LogP contribution is -2.44. The number of aryl methyl sites for hydroxylation is 1. The van der Waals surface area contributed by atoms with Crippen molar-refractivity contribution in [3.8, 4) is 5.75 Å². The van der Waals surface area contributed by atoms with Crippen LogP contribution in [0.25, 0.3) is 0 Å². The van der Waals surface area contributed by atoms with Crippen molar-refractivity contribution >= 4 is 11.8 Å². The number of ether oxygens (including phenoxy) is 2. The van der Waals surface area contributed by atoms with Crippen molar-refractivity contribution in [3.63, 3.8) is 0 Å². The van der Waals surface area contributed by atoms with E-state index in [2.05, 4.69) is 0 Å². The molecule has 1 spiro atoms. The normalized spacial score (nSPS) is 29.8. The Morgan fingerprint density at radius 3 is 3.15 bits per heavy atom. The minimum absolute atomic E-state index is 0.0290. The Hall–Kier alpha value is -0.710. The van der Waals surface area contributed by atoms with Gasteiger partial charge in [0.2, 0.25) is 0 Å². The van der Waals surface area contributed by atoms with Crippen molar-refractivity contribution < 1.29 is 14.6 Å². The summed E-state index contributed by atoms with van der Waals surface area (Å²) in [6, 6.07) is 5.94. The summed E-state index contributed by atoms with van der Waals surface area (Å²) in [5, 5.41) is 9.47. The molecule has 2 saturated heterocycles. The molecular weight excluding hydrogens is 272 g/mol. The highest BCUT2D eigenvalue weighted by molar-refractivity contribution is 7.99. The third-order valence-electron chi connectivity index (χ3n) is 4.26. The fourth-order valence-electron chi connectivity index (χ4n) is 3.12. The SMILES string of the molecule is Cc1cccc(CO)c1OC1CCOC2(CCSC2)C1. The molecule has 2 heterocycles. The second kappa shape index (κ2) is 5.96. The summed E-state index contributed by atoms with van der Waals surface area (Å²) in [7, 11) is 0. The van der Waals surface area contributed by atoms with E-state index in [9.17, 15) is 5.11 Å². The number of para-hydroxylation sites is 1. The van der Waals surface area contributed by atoms with E-state index < -0.39 is 0 Å². The van der Waals surface area contributed by atoms with Crippen molar-refractivity contribution in [2.24, 2.45) is 0 Å². The molecule has 2 atom stereocenters. The minimum atomic E-state index is 0.0290. The molecule has 0 aromatic heterocycles. The maximum Gasteiger partial charge on any atom is 0.128 e. The molecule has 0 aliphatic carbocycles. The van der Waals surface area contributed by atoms with Gasteiger partial charge in [-0.25, -0.2) is 0 Å². The quantitative estimate of drug-likeness (QED) is 0.930. The molecule has 2 fully saturated rings. The Balaban J connectivity index is 1.74. The number of hydrogen-bond acceptors (Lipinski definition) is 4. The molecule has 0 bridgehead atoms. The fraction of sp³-hybridized carbons (Fsp3) is 0.625. The summed E-state index contributed by atoms with van der Waals surface area (Å²) in [5.74, 6) is 3.15. The molecule has 0 radical (unpaired) electrons.